The Kier molecular flexibility index (Phi) is 5.22. The van der Waals surface area contributed by atoms with Gasteiger partial charge in [-0.1, -0.05) is 23.7 Å². The van der Waals surface area contributed by atoms with Crippen molar-refractivity contribution in [2.45, 2.75) is 25.0 Å². The molecule has 0 saturated carbocycles. The third-order valence-corrected chi connectivity index (χ3v) is 5.55. The van der Waals surface area contributed by atoms with Crippen LogP contribution in [0.25, 0.3) is 0 Å². The van der Waals surface area contributed by atoms with Crippen molar-refractivity contribution in [3.05, 3.63) is 34.9 Å². The average Bonchev–Trinajstić information content (AvgIpc) is 2.39. The van der Waals surface area contributed by atoms with E-state index in [-0.39, 0.29) is 5.25 Å². The van der Waals surface area contributed by atoms with Gasteiger partial charge in [0, 0.05) is 34.8 Å². The fourth-order valence-electron chi connectivity index (χ4n) is 2.20. The molecule has 0 aliphatic carbocycles. The van der Waals surface area contributed by atoms with Crippen LogP contribution in [0.4, 0.5) is 0 Å². The van der Waals surface area contributed by atoms with Gasteiger partial charge in [0.25, 0.3) is 0 Å². The molecule has 1 saturated heterocycles. The highest BCUT2D eigenvalue weighted by atomic mass is 35.5. The molecule has 2 nitrogen and oxygen atoms in total. The van der Waals surface area contributed by atoms with Gasteiger partial charge in [-0.05, 0) is 43.4 Å². The van der Waals surface area contributed by atoms with Crippen LogP contribution in [0.3, 0.4) is 0 Å². The summed E-state index contributed by atoms with van der Waals surface area (Å²) in [6.45, 7) is 3.64. The molecule has 2 atom stereocenters. The minimum atomic E-state index is -0.836. The highest BCUT2D eigenvalue weighted by Gasteiger charge is 2.21. The molecule has 0 unspecified atom stereocenters. The molecule has 0 aromatic heterocycles. The van der Waals surface area contributed by atoms with E-state index < -0.39 is 10.8 Å². The van der Waals surface area contributed by atoms with Crippen molar-refractivity contribution in [2.75, 3.05) is 19.0 Å². The maximum atomic E-state index is 12.4. The van der Waals surface area contributed by atoms with Crippen molar-refractivity contribution < 1.29 is 8.95 Å². The molecule has 1 aromatic rings. The first kappa shape index (κ1) is 14.0. The molecule has 4 heteroatoms. The summed E-state index contributed by atoms with van der Waals surface area (Å²) in [5.41, 5.74) is 1.06. The molecule has 0 spiro atoms. The topological polar surface area (TPSA) is 26.3 Å². The smallest absolute Gasteiger partial charge is 0.0569 e. The Morgan fingerprint density at radius 1 is 1.44 bits per heavy atom. The van der Waals surface area contributed by atoms with E-state index in [2.05, 4.69) is 0 Å². The van der Waals surface area contributed by atoms with Gasteiger partial charge in [0.05, 0.1) is 5.25 Å². The first-order valence-electron chi connectivity index (χ1n) is 6.37. The number of hydrogen-bond acceptors (Lipinski definition) is 2. The maximum absolute atomic E-state index is 12.4. The highest BCUT2D eigenvalue weighted by molar-refractivity contribution is 7.85. The summed E-state index contributed by atoms with van der Waals surface area (Å²) < 4.78 is 17.7. The summed E-state index contributed by atoms with van der Waals surface area (Å²) in [7, 11) is -0.836. The SMILES string of the molecule is C[C@@H](c1cccc(Cl)c1)[S@@](=O)CC1CCOCC1. The Bertz CT molecular complexity index is 416. The van der Waals surface area contributed by atoms with E-state index in [4.69, 9.17) is 16.3 Å². The van der Waals surface area contributed by atoms with E-state index in [0.29, 0.717) is 10.9 Å². The summed E-state index contributed by atoms with van der Waals surface area (Å²) in [6, 6.07) is 7.67. The molecule has 1 aliphatic heterocycles. The van der Waals surface area contributed by atoms with Crippen molar-refractivity contribution in [3.8, 4) is 0 Å². The van der Waals surface area contributed by atoms with Crippen LogP contribution in [0.5, 0.6) is 0 Å². The molecule has 1 aliphatic rings. The van der Waals surface area contributed by atoms with E-state index >= 15 is 0 Å². The van der Waals surface area contributed by atoms with Crippen LogP contribution < -0.4 is 0 Å². The minimum Gasteiger partial charge on any atom is -0.381 e. The van der Waals surface area contributed by atoms with Crippen LogP contribution in [-0.2, 0) is 15.5 Å². The van der Waals surface area contributed by atoms with E-state index in [1.165, 1.54) is 0 Å². The fraction of sp³-hybridized carbons (Fsp3) is 0.571. The van der Waals surface area contributed by atoms with Crippen molar-refractivity contribution >= 4 is 22.4 Å². The lowest BCUT2D eigenvalue weighted by molar-refractivity contribution is 0.0725. The lowest BCUT2D eigenvalue weighted by atomic mass is 10.0. The third kappa shape index (κ3) is 3.81. The quantitative estimate of drug-likeness (QED) is 0.846. The fourth-order valence-corrected chi connectivity index (χ4v) is 3.94. The molecular weight excluding hydrogens is 268 g/mol. The zero-order valence-electron chi connectivity index (χ0n) is 10.6. The molecule has 0 radical (unpaired) electrons. The van der Waals surface area contributed by atoms with Crippen LogP contribution in [0.2, 0.25) is 5.02 Å². The van der Waals surface area contributed by atoms with Crippen molar-refractivity contribution in [3.63, 3.8) is 0 Å². The summed E-state index contributed by atoms with van der Waals surface area (Å²) in [5, 5.41) is 0.758. The number of benzene rings is 1. The largest absolute Gasteiger partial charge is 0.381 e. The normalized spacial score (nSPS) is 20.6. The van der Waals surface area contributed by atoms with Crippen LogP contribution in [0, 0.1) is 5.92 Å². The van der Waals surface area contributed by atoms with Gasteiger partial charge < -0.3 is 4.74 Å². The van der Waals surface area contributed by atoms with Crippen LogP contribution in [0.1, 0.15) is 30.6 Å². The standard InChI is InChI=1S/C14H19ClO2S/c1-11(13-3-2-4-14(15)9-13)18(16)10-12-5-7-17-8-6-12/h2-4,9,11-12H,5-8,10H2,1H3/t11-,18-/m0/s1. The number of rotatable bonds is 4. The van der Waals surface area contributed by atoms with E-state index in [9.17, 15) is 4.21 Å². The first-order valence-corrected chi connectivity index (χ1v) is 8.13. The highest BCUT2D eigenvalue weighted by Crippen LogP contribution is 2.25. The van der Waals surface area contributed by atoms with Crippen LogP contribution in [-0.4, -0.2) is 23.2 Å². The third-order valence-electron chi connectivity index (χ3n) is 3.45. The van der Waals surface area contributed by atoms with E-state index in [1.807, 2.05) is 31.2 Å². The Morgan fingerprint density at radius 3 is 2.83 bits per heavy atom. The Hall–Kier alpha value is -0.380. The van der Waals surface area contributed by atoms with Gasteiger partial charge in [0.15, 0.2) is 0 Å². The molecule has 100 valence electrons. The molecule has 0 amide bonds. The summed E-state index contributed by atoms with van der Waals surface area (Å²) >= 11 is 5.97. The van der Waals surface area contributed by atoms with E-state index in [1.54, 1.807) is 0 Å². The van der Waals surface area contributed by atoms with E-state index in [0.717, 1.165) is 37.4 Å². The van der Waals surface area contributed by atoms with Gasteiger partial charge in [-0.15, -0.1) is 0 Å². The zero-order valence-corrected chi connectivity index (χ0v) is 12.2. The second-order valence-electron chi connectivity index (χ2n) is 4.80. The molecular formula is C14H19ClO2S. The molecule has 0 N–H and O–H groups in total. The molecule has 1 aromatic carbocycles. The van der Waals surface area contributed by atoms with Crippen LogP contribution in [0.15, 0.2) is 24.3 Å². The predicted molar refractivity (Wildman–Crippen MR) is 76.4 cm³/mol. The van der Waals surface area contributed by atoms with Gasteiger partial charge in [0.1, 0.15) is 0 Å². The van der Waals surface area contributed by atoms with Gasteiger partial charge >= 0.3 is 0 Å². The molecule has 1 heterocycles. The van der Waals surface area contributed by atoms with Gasteiger partial charge in [-0.2, -0.15) is 0 Å². The predicted octanol–water partition coefficient (Wildman–Crippen LogP) is 3.58. The van der Waals surface area contributed by atoms with Gasteiger partial charge in [0.2, 0.25) is 0 Å². The Morgan fingerprint density at radius 2 is 2.17 bits per heavy atom. The summed E-state index contributed by atoms with van der Waals surface area (Å²) in [6.07, 6.45) is 2.07. The van der Waals surface area contributed by atoms with Gasteiger partial charge in [-0.25, -0.2) is 0 Å². The van der Waals surface area contributed by atoms with Crippen molar-refractivity contribution in [1.82, 2.24) is 0 Å². The van der Waals surface area contributed by atoms with Gasteiger partial charge in [-0.3, -0.25) is 4.21 Å². The lowest BCUT2D eigenvalue weighted by Crippen LogP contribution is -2.22. The van der Waals surface area contributed by atoms with Crippen LogP contribution >= 0.6 is 11.6 Å². The second kappa shape index (κ2) is 6.69. The van der Waals surface area contributed by atoms with Crippen molar-refractivity contribution in [2.24, 2.45) is 5.92 Å². The average molecular weight is 287 g/mol. The molecule has 2 rings (SSSR count). The monoisotopic (exact) mass is 286 g/mol. The second-order valence-corrected chi connectivity index (χ2v) is 7.04. The Labute approximate surface area is 116 Å². The summed E-state index contributed by atoms with van der Waals surface area (Å²) in [5.74, 6) is 1.32. The number of halogens is 1. The van der Waals surface area contributed by atoms with Crippen molar-refractivity contribution in [1.29, 1.82) is 0 Å². The summed E-state index contributed by atoms with van der Waals surface area (Å²) in [4.78, 5) is 0. The maximum Gasteiger partial charge on any atom is 0.0569 e. The lowest BCUT2D eigenvalue weighted by Gasteiger charge is -2.23. The minimum absolute atomic E-state index is 0.0477. The molecule has 18 heavy (non-hydrogen) atoms. The number of ether oxygens (including phenoxy) is 1. The number of hydrogen-bond donors (Lipinski definition) is 0. The zero-order chi connectivity index (χ0) is 13.0. The molecule has 1 fully saturated rings. The Balaban J connectivity index is 1.95. The molecule has 0 bridgehead atoms. The first-order chi connectivity index (χ1) is 8.66.